The number of amides is 4. The smallest absolute Gasteiger partial charge is 0.264 e. The fraction of sp³-hybridized carbons (Fsp3) is 0.329. The summed E-state index contributed by atoms with van der Waals surface area (Å²) in [6, 6.07) is 50.3. The molecule has 0 saturated heterocycles. The number of methoxy groups -OCH3 is 4. The summed E-state index contributed by atoms with van der Waals surface area (Å²) in [6.07, 6.45) is 9.81. The first-order chi connectivity index (χ1) is 46.6. The van der Waals surface area contributed by atoms with Gasteiger partial charge in [0.05, 0.1) is 61.3 Å². The lowest BCUT2D eigenvalue weighted by Gasteiger charge is -2.20. The molecule has 8 aromatic rings. The van der Waals surface area contributed by atoms with Crippen LogP contribution in [0, 0.1) is 0 Å². The highest BCUT2D eigenvalue weighted by Crippen LogP contribution is 2.48. The molecule has 0 saturated carbocycles. The molecule has 2 aliphatic heterocycles. The van der Waals surface area contributed by atoms with Crippen molar-refractivity contribution in [3.8, 4) is 0 Å². The summed E-state index contributed by atoms with van der Waals surface area (Å²) < 4.78 is 47.5. The Labute approximate surface area is 568 Å². The number of fused-ring (bicyclic) bond motifs is 6. The normalized spacial score (nSPS) is 17.0. The number of hydrogen-bond donors (Lipinski definition) is 6. The van der Waals surface area contributed by atoms with Crippen LogP contribution in [0.2, 0.25) is 0 Å². The van der Waals surface area contributed by atoms with Gasteiger partial charge in [-0.15, -0.1) is 0 Å². The molecule has 97 heavy (non-hydrogen) atoms. The summed E-state index contributed by atoms with van der Waals surface area (Å²) >= 11 is 0. The van der Waals surface area contributed by atoms with Crippen LogP contribution in [0.5, 0.6) is 0 Å². The Hall–Kier alpha value is -9.16. The van der Waals surface area contributed by atoms with Gasteiger partial charge in [-0.05, 0) is 164 Å². The molecule has 4 heterocycles. The maximum atomic E-state index is 12.9. The van der Waals surface area contributed by atoms with E-state index in [0.29, 0.717) is 55.0 Å². The van der Waals surface area contributed by atoms with Gasteiger partial charge in [-0.2, -0.15) is 8.42 Å². The summed E-state index contributed by atoms with van der Waals surface area (Å²) in [5.74, 6) is 1.09. The zero-order valence-electron chi connectivity index (χ0n) is 56.3. The molecule has 2 spiro atoms. The minimum absolute atomic E-state index is 0.00177. The first kappa shape index (κ1) is 73.6. The minimum Gasteiger partial charge on any atom is -0.392 e. The lowest BCUT2D eigenvalue weighted by molar-refractivity contribution is -0.121. The Bertz CT molecular complexity index is 4190. The molecule has 6 unspecified atom stereocenters. The number of anilines is 4. The molecule has 6 atom stereocenters. The van der Waals surface area contributed by atoms with Crippen LogP contribution < -0.4 is 27.0 Å². The van der Waals surface area contributed by atoms with Gasteiger partial charge in [-0.1, -0.05) is 121 Å². The van der Waals surface area contributed by atoms with E-state index >= 15 is 0 Å². The largest absolute Gasteiger partial charge is 0.392 e. The van der Waals surface area contributed by atoms with Gasteiger partial charge in [-0.25, -0.2) is 9.97 Å². The molecule has 12 rings (SSSR count). The molecule has 2 aromatic heterocycles. The number of pyridine rings is 2. The molecule has 7 N–H and O–H groups in total. The van der Waals surface area contributed by atoms with Crippen molar-refractivity contribution in [2.75, 3.05) is 62.5 Å². The third-order valence-corrected chi connectivity index (χ3v) is 18.6. The summed E-state index contributed by atoms with van der Waals surface area (Å²) in [6.45, 7) is 7.89. The van der Waals surface area contributed by atoms with Crippen molar-refractivity contribution in [1.29, 1.82) is 0 Å². The molecule has 2 aliphatic carbocycles. The molecule has 0 bridgehead atoms. The monoisotopic (exact) mass is 1340 g/mol. The average molecular weight is 1340 g/mol. The van der Waals surface area contributed by atoms with Crippen molar-refractivity contribution in [3.63, 3.8) is 0 Å². The van der Waals surface area contributed by atoms with Crippen molar-refractivity contribution >= 4 is 63.0 Å². The van der Waals surface area contributed by atoms with Crippen LogP contribution in [0.4, 0.5) is 23.0 Å². The van der Waals surface area contributed by atoms with Crippen molar-refractivity contribution in [2.24, 2.45) is 5.73 Å². The maximum absolute atomic E-state index is 12.9. The number of nitrogens with two attached hydrogens (primary N) is 1. The summed E-state index contributed by atoms with van der Waals surface area (Å²) in [7, 11) is 3.20. The van der Waals surface area contributed by atoms with Crippen LogP contribution in [-0.2, 0) is 109 Å². The third-order valence-electron chi connectivity index (χ3n) is 18.0. The van der Waals surface area contributed by atoms with E-state index in [1.54, 1.807) is 46.9 Å². The van der Waals surface area contributed by atoms with Gasteiger partial charge in [0.25, 0.3) is 10.1 Å². The number of hydrogen-bond acceptors (Lipinski definition) is 16. The molecule has 4 amide bonds. The Kier molecular flexibility index (Phi) is 25.9. The Morgan fingerprint density at radius 1 is 0.567 bits per heavy atom. The molecule has 510 valence electrons. The van der Waals surface area contributed by atoms with Crippen molar-refractivity contribution in [2.45, 2.75) is 121 Å². The van der Waals surface area contributed by atoms with E-state index in [-0.39, 0.29) is 67.8 Å². The number of aryl methyl sites for hydroxylation is 1. The molecule has 4 aliphatic rings. The van der Waals surface area contributed by atoms with Gasteiger partial charge in [-0.3, -0.25) is 28.2 Å². The number of benzene rings is 6. The van der Waals surface area contributed by atoms with Gasteiger partial charge in [0.2, 0.25) is 23.6 Å². The second-order valence-corrected chi connectivity index (χ2v) is 25.8. The van der Waals surface area contributed by atoms with E-state index in [2.05, 4.69) is 43.4 Å². The van der Waals surface area contributed by atoms with Crippen LogP contribution in [0.25, 0.3) is 0 Å². The SMILES string of the molecule is COC(C)c1ccccc1C=O.COC(C)c1ccccc1CCCC(=O)Nc1ccc2c(c1)CC1(C2)C(=O)Nc2ncccc21.COC(C)c1ccccc1CO.COC(C)c1ccccc1COS(C)(=O)=O.NCC(=O)Nc1ccc2c(c1)CC1(C2)C(=O)Nc2ncccc21. The fourth-order valence-electron chi connectivity index (χ4n) is 12.5. The first-order valence-electron chi connectivity index (χ1n) is 32.1. The van der Waals surface area contributed by atoms with Crippen molar-refractivity contribution < 1.29 is 60.6 Å². The number of aldehydes is 1. The Morgan fingerprint density at radius 3 is 1.44 bits per heavy atom. The molecule has 6 aromatic carbocycles. The highest BCUT2D eigenvalue weighted by molar-refractivity contribution is 7.85. The lowest BCUT2D eigenvalue weighted by atomic mass is 9.79. The fourth-order valence-corrected chi connectivity index (χ4v) is 12.9. The number of carbonyl (C=O) groups excluding carboxylic acids is 5. The summed E-state index contributed by atoms with van der Waals surface area (Å²) in [5.41, 5.74) is 19.8. The summed E-state index contributed by atoms with van der Waals surface area (Å²) in [5, 5.41) is 20.6. The number of rotatable bonds is 20. The third kappa shape index (κ3) is 18.3. The number of aliphatic hydroxyl groups is 1. The van der Waals surface area contributed by atoms with E-state index in [0.717, 1.165) is 92.3 Å². The zero-order chi connectivity index (χ0) is 69.9. The van der Waals surface area contributed by atoms with Crippen LogP contribution >= 0.6 is 0 Å². The van der Waals surface area contributed by atoms with E-state index in [4.69, 9.17) is 34.0 Å². The number of nitrogens with zero attached hydrogens (tertiary/aromatic N) is 2. The second-order valence-electron chi connectivity index (χ2n) is 24.2. The van der Waals surface area contributed by atoms with Gasteiger partial charge in [0.15, 0.2) is 0 Å². The van der Waals surface area contributed by atoms with E-state index in [1.165, 1.54) is 11.1 Å². The van der Waals surface area contributed by atoms with Crippen LogP contribution in [-0.4, -0.2) is 94.6 Å². The Morgan fingerprint density at radius 2 is 0.979 bits per heavy atom. The van der Waals surface area contributed by atoms with Crippen LogP contribution in [0.15, 0.2) is 170 Å². The molecule has 0 radical (unpaired) electrons. The molecular formula is C76H87N7O13S. The first-order valence-corrected chi connectivity index (χ1v) is 33.9. The van der Waals surface area contributed by atoms with Gasteiger partial charge in [0.1, 0.15) is 17.9 Å². The lowest BCUT2D eigenvalue weighted by Crippen LogP contribution is -2.35. The van der Waals surface area contributed by atoms with E-state index < -0.39 is 20.9 Å². The number of aromatic nitrogens is 2. The molecule has 21 heteroatoms. The molecular weight excluding hydrogens is 1250 g/mol. The van der Waals surface area contributed by atoms with E-state index in [9.17, 15) is 32.4 Å². The predicted octanol–water partition coefficient (Wildman–Crippen LogP) is 11.7. The average Bonchev–Trinajstić information content (AvgIpc) is 1.58. The van der Waals surface area contributed by atoms with Gasteiger partial charge >= 0.3 is 0 Å². The number of aliphatic hydroxyl groups excluding tert-OH is 1. The summed E-state index contributed by atoms with van der Waals surface area (Å²) in [4.78, 5) is 68.7. The number of ether oxygens (including phenoxy) is 4. The van der Waals surface area contributed by atoms with Crippen molar-refractivity contribution in [1.82, 2.24) is 9.97 Å². The van der Waals surface area contributed by atoms with Crippen LogP contribution in [0.1, 0.15) is 148 Å². The van der Waals surface area contributed by atoms with Gasteiger partial charge < -0.3 is 51.1 Å². The highest BCUT2D eigenvalue weighted by atomic mass is 32.2. The molecule has 0 fully saturated rings. The maximum Gasteiger partial charge on any atom is 0.264 e. The van der Waals surface area contributed by atoms with Crippen LogP contribution in [0.3, 0.4) is 0 Å². The molecule has 20 nitrogen and oxygen atoms in total. The quantitative estimate of drug-likeness (QED) is 0.0305. The number of nitrogens with one attached hydrogen (secondary N) is 4. The predicted molar refractivity (Wildman–Crippen MR) is 374 cm³/mol. The topological polar surface area (TPSA) is 286 Å². The van der Waals surface area contributed by atoms with Gasteiger partial charge in [0, 0.05) is 75.3 Å². The van der Waals surface area contributed by atoms with E-state index in [1.807, 2.05) is 167 Å². The van der Waals surface area contributed by atoms with Crippen molar-refractivity contribution in [3.05, 3.63) is 248 Å². The number of carbonyl (C=O) groups is 5. The second kappa shape index (κ2) is 34.2. The zero-order valence-corrected chi connectivity index (χ0v) is 57.2. The highest BCUT2D eigenvalue weighted by Gasteiger charge is 2.52. The Balaban J connectivity index is 0.000000166. The standard InChI is InChI=1S/C28H29N3O3.C17H16N4O2.C11H16O4S.C10H14O2.C10H12O2/c1-18(34-2)23-9-4-3-7-19(23)8-5-11-25(32)30-22-13-12-20-16-28(17-21(20)15-22)24-10-6-14-29-26(24)31-27(28)33;18-9-14(22)20-12-4-3-10-7-17(8-11(10)6-12)13-2-1-5-19-15(13)21-16(17)23;1-9(14-2)11-7-5-4-6-10(11)8-15-16(3,12)13;2*1-8(12-2)10-6-4-3-5-9(10)7-11/h3-4,6-7,9-10,12-15,18H,5,8,11,16-17H2,1-2H3,(H,30,32)(H,29,31,33);1-6H,7-9,18H2,(H,20,22)(H,19,21,23);4-7,9H,8H2,1-3H3;3-6,8,11H,7H2,1-2H3;3-8H,1-2H3. The minimum atomic E-state index is -3.41.